The summed E-state index contributed by atoms with van der Waals surface area (Å²) in [6.45, 7) is 1.65. The van der Waals surface area contributed by atoms with E-state index in [4.69, 9.17) is 9.63 Å². The van der Waals surface area contributed by atoms with Crippen molar-refractivity contribution in [3.8, 4) is 0 Å². The van der Waals surface area contributed by atoms with Gasteiger partial charge in [0.25, 0.3) is 5.91 Å². The Bertz CT molecular complexity index is 716. The fraction of sp³-hybridized carbons (Fsp3) is 0.267. The molecule has 0 spiro atoms. The molecule has 6 heteroatoms. The van der Waals surface area contributed by atoms with Crippen LogP contribution in [0.25, 0.3) is 0 Å². The number of aromatic carboxylic acids is 1. The van der Waals surface area contributed by atoms with Gasteiger partial charge in [0, 0.05) is 17.7 Å². The number of nitrogens with zero attached hydrogens (tertiary/aromatic N) is 1. The minimum absolute atomic E-state index is 0.159. The Morgan fingerprint density at radius 3 is 2.81 bits per heavy atom. The normalized spacial score (nSPS) is 14.0. The molecule has 1 aliphatic rings. The van der Waals surface area contributed by atoms with E-state index >= 15 is 0 Å². The summed E-state index contributed by atoms with van der Waals surface area (Å²) in [6.07, 6.45) is 2.13. The first-order valence-corrected chi connectivity index (χ1v) is 6.67. The van der Waals surface area contributed by atoms with Crippen LogP contribution < -0.4 is 5.32 Å². The van der Waals surface area contributed by atoms with Crippen molar-refractivity contribution < 1.29 is 19.2 Å². The Morgan fingerprint density at radius 2 is 2.14 bits per heavy atom. The molecule has 1 fully saturated rings. The molecule has 6 nitrogen and oxygen atoms in total. The first-order chi connectivity index (χ1) is 10.1. The Balaban J connectivity index is 1.80. The zero-order valence-electron chi connectivity index (χ0n) is 11.4. The van der Waals surface area contributed by atoms with Gasteiger partial charge in [-0.25, -0.2) is 4.79 Å². The highest BCUT2D eigenvalue weighted by atomic mass is 16.5. The maximum absolute atomic E-state index is 12.1. The van der Waals surface area contributed by atoms with Gasteiger partial charge in [-0.3, -0.25) is 4.79 Å². The van der Waals surface area contributed by atoms with E-state index in [-0.39, 0.29) is 11.3 Å². The average molecular weight is 286 g/mol. The number of nitrogens with one attached hydrogen (secondary N) is 1. The maximum atomic E-state index is 12.1. The number of benzene rings is 1. The van der Waals surface area contributed by atoms with Crippen molar-refractivity contribution in [2.45, 2.75) is 25.7 Å². The Labute approximate surface area is 120 Å². The molecule has 0 saturated heterocycles. The SMILES string of the molecule is Cc1c(NC(=O)c2cc(C3CC3)on2)cccc1C(=O)O. The Kier molecular flexibility index (Phi) is 3.21. The smallest absolute Gasteiger partial charge is 0.336 e. The standard InChI is InChI=1S/C15H14N2O4/c1-8-10(15(19)20)3-2-4-11(8)16-14(18)12-7-13(21-17-12)9-5-6-9/h2-4,7,9H,5-6H2,1H3,(H,16,18)(H,19,20). The number of hydrogen-bond donors (Lipinski definition) is 2. The average Bonchev–Trinajstić information content (AvgIpc) is 3.18. The molecule has 1 heterocycles. The van der Waals surface area contributed by atoms with E-state index in [9.17, 15) is 9.59 Å². The van der Waals surface area contributed by atoms with Crippen LogP contribution in [0.15, 0.2) is 28.8 Å². The predicted octanol–water partition coefficient (Wildman–Crippen LogP) is 2.81. The molecule has 1 aliphatic carbocycles. The molecule has 0 aliphatic heterocycles. The third-order valence-corrected chi connectivity index (χ3v) is 3.55. The first-order valence-electron chi connectivity index (χ1n) is 6.67. The highest BCUT2D eigenvalue weighted by molar-refractivity contribution is 6.04. The lowest BCUT2D eigenvalue weighted by Gasteiger charge is -2.09. The van der Waals surface area contributed by atoms with Crippen molar-refractivity contribution in [3.63, 3.8) is 0 Å². The zero-order chi connectivity index (χ0) is 15.0. The van der Waals surface area contributed by atoms with E-state index in [0.29, 0.717) is 17.2 Å². The third kappa shape index (κ3) is 2.65. The van der Waals surface area contributed by atoms with E-state index in [0.717, 1.165) is 18.6 Å². The predicted molar refractivity (Wildman–Crippen MR) is 74.6 cm³/mol. The molecule has 0 atom stereocenters. The Morgan fingerprint density at radius 1 is 1.38 bits per heavy atom. The minimum atomic E-state index is -1.03. The van der Waals surface area contributed by atoms with Crippen molar-refractivity contribution >= 4 is 17.6 Å². The van der Waals surface area contributed by atoms with Crippen LogP contribution in [0.4, 0.5) is 5.69 Å². The second-order valence-corrected chi connectivity index (χ2v) is 5.13. The Hall–Kier alpha value is -2.63. The molecule has 0 bridgehead atoms. The van der Waals surface area contributed by atoms with Crippen LogP contribution in [0.3, 0.4) is 0 Å². The third-order valence-electron chi connectivity index (χ3n) is 3.55. The summed E-state index contributed by atoms with van der Waals surface area (Å²) in [4.78, 5) is 23.2. The van der Waals surface area contributed by atoms with Crippen LogP contribution in [0.1, 0.15) is 50.9 Å². The molecule has 3 rings (SSSR count). The van der Waals surface area contributed by atoms with E-state index in [1.165, 1.54) is 6.07 Å². The number of carboxylic acid groups (broad SMARTS) is 1. The number of amides is 1. The lowest BCUT2D eigenvalue weighted by atomic mass is 10.1. The van der Waals surface area contributed by atoms with Crippen molar-refractivity contribution in [2.24, 2.45) is 0 Å². The fourth-order valence-corrected chi connectivity index (χ4v) is 2.15. The molecule has 2 N–H and O–H groups in total. The summed E-state index contributed by atoms with van der Waals surface area (Å²) in [5.74, 6) is -0.315. The van der Waals surface area contributed by atoms with Crippen LogP contribution in [0, 0.1) is 6.92 Å². The van der Waals surface area contributed by atoms with Crippen LogP contribution in [0.2, 0.25) is 0 Å². The van der Waals surface area contributed by atoms with Crippen LogP contribution in [-0.4, -0.2) is 22.1 Å². The van der Waals surface area contributed by atoms with Gasteiger partial charge in [0.05, 0.1) is 5.56 Å². The number of carboxylic acids is 1. The van der Waals surface area contributed by atoms with Crippen molar-refractivity contribution in [3.05, 3.63) is 46.8 Å². The van der Waals surface area contributed by atoms with Crippen LogP contribution in [0.5, 0.6) is 0 Å². The van der Waals surface area contributed by atoms with Gasteiger partial charge >= 0.3 is 5.97 Å². The molecule has 2 aromatic rings. The van der Waals surface area contributed by atoms with Crippen molar-refractivity contribution in [1.82, 2.24) is 5.16 Å². The molecular formula is C15H14N2O4. The number of carbonyl (C=O) groups is 2. The topological polar surface area (TPSA) is 92.4 Å². The quantitative estimate of drug-likeness (QED) is 0.901. The van der Waals surface area contributed by atoms with Gasteiger partial charge in [-0.2, -0.15) is 0 Å². The minimum Gasteiger partial charge on any atom is -0.478 e. The van der Waals surface area contributed by atoms with E-state index in [1.807, 2.05) is 0 Å². The highest BCUT2D eigenvalue weighted by Gasteiger charge is 2.29. The van der Waals surface area contributed by atoms with Crippen molar-refractivity contribution in [1.29, 1.82) is 0 Å². The summed E-state index contributed by atoms with van der Waals surface area (Å²) in [6, 6.07) is 6.38. The number of hydrogen-bond acceptors (Lipinski definition) is 4. The molecule has 0 unspecified atom stereocenters. The van der Waals surface area contributed by atoms with E-state index < -0.39 is 11.9 Å². The van der Waals surface area contributed by atoms with Gasteiger partial charge in [-0.05, 0) is 37.5 Å². The zero-order valence-corrected chi connectivity index (χ0v) is 11.4. The molecule has 21 heavy (non-hydrogen) atoms. The molecule has 0 radical (unpaired) electrons. The number of carbonyl (C=O) groups excluding carboxylic acids is 1. The molecule has 1 aromatic carbocycles. The lowest BCUT2D eigenvalue weighted by molar-refractivity contribution is 0.0695. The van der Waals surface area contributed by atoms with Crippen LogP contribution >= 0.6 is 0 Å². The maximum Gasteiger partial charge on any atom is 0.336 e. The van der Waals surface area contributed by atoms with Gasteiger partial charge < -0.3 is 14.9 Å². The summed E-state index contributed by atoms with van der Waals surface area (Å²) in [7, 11) is 0. The van der Waals surface area contributed by atoms with E-state index in [1.54, 1.807) is 25.1 Å². The first kappa shape index (κ1) is 13.4. The highest BCUT2D eigenvalue weighted by Crippen LogP contribution is 2.40. The summed E-state index contributed by atoms with van der Waals surface area (Å²) >= 11 is 0. The van der Waals surface area contributed by atoms with Gasteiger partial charge in [0.15, 0.2) is 5.69 Å². The number of rotatable bonds is 4. The van der Waals surface area contributed by atoms with Gasteiger partial charge in [0.1, 0.15) is 5.76 Å². The largest absolute Gasteiger partial charge is 0.478 e. The number of anilines is 1. The molecule has 108 valence electrons. The molecule has 1 aromatic heterocycles. The molecular weight excluding hydrogens is 272 g/mol. The van der Waals surface area contributed by atoms with Gasteiger partial charge in [-0.1, -0.05) is 11.2 Å². The fourth-order valence-electron chi connectivity index (χ4n) is 2.15. The second kappa shape index (κ2) is 5.05. The molecule has 1 saturated carbocycles. The summed E-state index contributed by atoms with van der Waals surface area (Å²) < 4.78 is 5.13. The van der Waals surface area contributed by atoms with Gasteiger partial charge in [-0.15, -0.1) is 0 Å². The van der Waals surface area contributed by atoms with Gasteiger partial charge in [0.2, 0.25) is 0 Å². The number of aromatic nitrogens is 1. The van der Waals surface area contributed by atoms with Crippen LogP contribution in [-0.2, 0) is 0 Å². The summed E-state index contributed by atoms with van der Waals surface area (Å²) in [5, 5.41) is 15.5. The van der Waals surface area contributed by atoms with E-state index in [2.05, 4.69) is 10.5 Å². The lowest BCUT2D eigenvalue weighted by Crippen LogP contribution is -2.14. The second-order valence-electron chi connectivity index (χ2n) is 5.13. The molecule has 1 amide bonds. The monoisotopic (exact) mass is 286 g/mol. The van der Waals surface area contributed by atoms with Crippen molar-refractivity contribution in [2.75, 3.05) is 5.32 Å². The summed E-state index contributed by atoms with van der Waals surface area (Å²) in [5.41, 5.74) is 1.32.